The first kappa shape index (κ1) is 24.3. The summed E-state index contributed by atoms with van der Waals surface area (Å²) >= 11 is 1.19. The number of carbonyl (C=O) groups is 2. The molecule has 0 spiro atoms. The van der Waals surface area contributed by atoms with E-state index in [9.17, 15) is 22.8 Å². The second-order valence-corrected chi connectivity index (χ2v) is 7.99. The number of amides is 1. The molecule has 0 aliphatic rings. The number of anilines is 2. The number of carbonyl (C=O) groups excluding carboxylic acids is 2. The van der Waals surface area contributed by atoms with E-state index in [2.05, 4.69) is 20.8 Å². The van der Waals surface area contributed by atoms with E-state index in [-0.39, 0.29) is 24.0 Å². The van der Waals surface area contributed by atoms with Gasteiger partial charge < -0.3 is 15.2 Å². The van der Waals surface area contributed by atoms with Gasteiger partial charge in [-0.2, -0.15) is 13.2 Å². The van der Waals surface area contributed by atoms with Crippen LogP contribution in [0.15, 0.2) is 53.7 Å². The highest BCUT2D eigenvalue weighted by molar-refractivity contribution is 7.99. The SMILES string of the molecule is CCn1c(CNc2cccc(C(F)(F)F)c2)nnc1SCC(=O)Nc1cccc(C(C)=O)c1. The van der Waals surface area contributed by atoms with E-state index in [0.29, 0.717) is 34.5 Å². The summed E-state index contributed by atoms with van der Waals surface area (Å²) < 4.78 is 40.5. The molecule has 0 radical (unpaired) electrons. The lowest BCUT2D eigenvalue weighted by Crippen LogP contribution is -2.15. The summed E-state index contributed by atoms with van der Waals surface area (Å²) in [4.78, 5) is 23.8. The number of nitrogens with zero attached hydrogens (tertiary/aromatic N) is 3. The fourth-order valence-corrected chi connectivity index (χ4v) is 3.83. The van der Waals surface area contributed by atoms with Crippen molar-refractivity contribution in [2.75, 3.05) is 16.4 Å². The van der Waals surface area contributed by atoms with E-state index >= 15 is 0 Å². The highest BCUT2D eigenvalue weighted by atomic mass is 32.2. The molecule has 7 nitrogen and oxygen atoms in total. The van der Waals surface area contributed by atoms with Crippen LogP contribution in [0.2, 0.25) is 0 Å². The van der Waals surface area contributed by atoms with E-state index in [0.717, 1.165) is 12.1 Å². The van der Waals surface area contributed by atoms with Crippen molar-refractivity contribution in [2.45, 2.75) is 38.3 Å². The maximum Gasteiger partial charge on any atom is 0.416 e. The fourth-order valence-electron chi connectivity index (χ4n) is 3.00. The molecule has 0 saturated heterocycles. The van der Waals surface area contributed by atoms with Crippen LogP contribution in [-0.2, 0) is 24.1 Å². The van der Waals surface area contributed by atoms with Gasteiger partial charge in [-0.1, -0.05) is 30.0 Å². The number of Topliss-reactive ketones (excluding diaryl/α,β-unsaturated/α-hetero) is 1. The Morgan fingerprint density at radius 2 is 1.79 bits per heavy atom. The average Bonchev–Trinajstić information content (AvgIpc) is 3.18. The van der Waals surface area contributed by atoms with Crippen LogP contribution in [0.3, 0.4) is 0 Å². The number of alkyl halides is 3. The maximum absolute atomic E-state index is 12.9. The summed E-state index contributed by atoms with van der Waals surface area (Å²) in [5.74, 6) is 0.244. The smallest absolute Gasteiger partial charge is 0.378 e. The normalized spacial score (nSPS) is 11.3. The summed E-state index contributed by atoms with van der Waals surface area (Å²) in [6, 6.07) is 11.6. The third kappa shape index (κ3) is 6.58. The first-order chi connectivity index (χ1) is 15.7. The van der Waals surface area contributed by atoms with Gasteiger partial charge in [0.1, 0.15) is 0 Å². The molecule has 2 N–H and O–H groups in total. The zero-order valence-electron chi connectivity index (χ0n) is 17.9. The summed E-state index contributed by atoms with van der Waals surface area (Å²) in [5.41, 5.74) is 0.609. The number of aromatic nitrogens is 3. The fraction of sp³-hybridized carbons (Fsp3) is 0.273. The molecule has 1 amide bonds. The summed E-state index contributed by atoms with van der Waals surface area (Å²) in [6.45, 7) is 4.03. The zero-order valence-corrected chi connectivity index (χ0v) is 18.8. The molecule has 0 aliphatic heterocycles. The minimum absolute atomic E-state index is 0.0729. The van der Waals surface area contributed by atoms with Crippen LogP contribution in [0.5, 0.6) is 0 Å². The predicted molar refractivity (Wildman–Crippen MR) is 120 cm³/mol. The Hall–Kier alpha value is -3.34. The largest absolute Gasteiger partial charge is 0.416 e. The molecule has 11 heteroatoms. The van der Waals surface area contributed by atoms with Crippen molar-refractivity contribution < 1.29 is 22.8 Å². The molecule has 2 aromatic carbocycles. The number of nitrogens with one attached hydrogen (secondary N) is 2. The molecule has 0 aliphatic carbocycles. The van der Waals surface area contributed by atoms with Crippen LogP contribution in [0, 0.1) is 0 Å². The Morgan fingerprint density at radius 1 is 1.06 bits per heavy atom. The lowest BCUT2D eigenvalue weighted by molar-refractivity contribution is -0.137. The summed E-state index contributed by atoms with van der Waals surface area (Å²) in [6.07, 6.45) is -4.42. The molecule has 174 valence electrons. The Balaban J connectivity index is 1.60. The van der Waals surface area contributed by atoms with Crippen LogP contribution in [0.1, 0.15) is 35.6 Å². The molecule has 1 heterocycles. The number of rotatable bonds is 9. The number of halogens is 3. The quantitative estimate of drug-likeness (QED) is 0.338. The highest BCUT2D eigenvalue weighted by Crippen LogP contribution is 2.30. The van der Waals surface area contributed by atoms with Gasteiger partial charge >= 0.3 is 6.18 Å². The van der Waals surface area contributed by atoms with Gasteiger partial charge in [-0.05, 0) is 44.2 Å². The van der Waals surface area contributed by atoms with Crippen LogP contribution >= 0.6 is 11.8 Å². The first-order valence-corrected chi connectivity index (χ1v) is 11.0. The lowest BCUT2D eigenvalue weighted by atomic mass is 10.1. The molecule has 1 aromatic heterocycles. The van der Waals surface area contributed by atoms with Gasteiger partial charge in [-0.3, -0.25) is 9.59 Å². The van der Waals surface area contributed by atoms with E-state index in [1.54, 1.807) is 34.9 Å². The van der Waals surface area contributed by atoms with Crippen LogP contribution in [0.4, 0.5) is 24.5 Å². The lowest BCUT2D eigenvalue weighted by Gasteiger charge is -2.11. The van der Waals surface area contributed by atoms with Crippen molar-refractivity contribution in [1.82, 2.24) is 14.8 Å². The standard InChI is InChI=1S/C22H22F3N5O2S/c1-3-30-19(12-26-17-8-5-7-16(11-17)22(23,24)25)28-29-21(30)33-13-20(32)27-18-9-4-6-15(10-18)14(2)31/h4-11,26H,3,12-13H2,1-2H3,(H,27,32). The van der Waals surface area contributed by atoms with E-state index in [1.165, 1.54) is 24.8 Å². The van der Waals surface area contributed by atoms with Crippen molar-refractivity contribution in [3.8, 4) is 0 Å². The van der Waals surface area contributed by atoms with Gasteiger partial charge in [0.2, 0.25) is 5.91 Å². The molecule has 3 aromatic rings. The Bertz CT molecular complexity index is 1150. The maximum atomic E-state index is 12.9. The third-order valence-electron chi connectivity index (χ3n) is 4.64. The first-order valence-electron chi connectivity index (χ1n) is 10.0. The van der Waals surface area contributed by atoms with Crippen molar-refractivity contribution in [1.29, 1.82) is 0 Å². The van der Waals surface area contributed by atoms with Gasteiger partial charge in [0.15, 0.2) is 16.8 Å². The van der Waals surface area contributed by atoms with Gasteiger partial charge in [0.05, 0.1) is 17.9 Å². The molecular weight excluding hydrogens is 455 g/mol. The molecule has 3 rings (SSSR count). The Kier molecular flexibility index (Phi) is 7.75. The topological polar surface area (TPSA) is 88.9 Å². The van der Waals surface area contributed by atoms with E-state index in [1.807, 2.05) is 6.92 Å². The van der Waals surface area contributed by atoms with Crippen LogP contribution < -0.4 is 10.6 Å². The minimum Gasteiger partial charge on any atom is -0.378 e. The number of hydrogen-bond acceptors (Lipinski definition) is 6. The molecule has 0 unspecified atom stereocenters. The van der Waals surface area contributed by atoms with Crippen molar-refractivity contribution in [3.63, 3.8) is 0 Å². The second kappa shape index (κ2) is 10.5. The predicted octanol–water partition coefficient (Wildman–Crippen LogP) is 4.86. The van der Waals surface area contributed by atoms with Crippen LogP contribution in [-0.4, -0.2) is 32.2 Å². The molecular formula is C22H22F3N5O2S. The third-order valence-corrected chi connectivity index (χ3v) is 5.60. The molecule has 0 saturated carbocycles. The minimum atomic E-state index is -4.42. The molecule has 33 heavy (non-hydrogen) atoms. The zero-order chi connectivity index (χ0) is 24.0. The summed E-state index contributed by atoms with van der Waals surface area (Å²) in [5, 5.41) is 14.4. The number of thioether (sulfide) groups is 1. The second-order valence-electron chi connectivity index (χ2n) is 7.05. The molecule has 0 atom stereocenters. The van der Waals surface area contributed by atoms with Crippen molar-refractivity contribution in [3.05, 3.63) is 65.5 Å². The van der Waals surface area contributed by atoms with Gasteiger partial charge in [-0.15, -0.1) is 10.2 Å². The van der Waals surface area contributed by atoms with E-state index < -0.39 is 11.7 Å². The van der Waals surface area contributed by atoms with Crippen LogP contribution in [0.25, 0.3) is 0 Å². The number of benzene rings is 2. The number of ketones is 1. The Labute approximate surface area is 192 Å². The van der Waals surface area contributed by atoms with Gasteiger partial charge in [0, 0.05) is 23.5 Å². The van der Waals surface area contributed by atoms with Gasteiger partial charge in [0.25, 0.3) is 0 Å². The summed E-state index contributed by atoms with van der Waals surface area (Å²) in [7, 11) is 0. The molecule has 0 bridgehead atoms. The number of hydrogen-bond donors (Lipinski definition) is 2. The highest BCUT2D eigenvalue weighted by Gasteiger charge is 2.30. The van der Waals surface area contributed by atoms with Crippen molar-refractivity contribution >= 4 is 34.8 Å². The monoisotopic (exact) mass is 477 g/mol. The Morgan fingerprint density at radius 3 is 2.48 bits per heavy atom. The average molecular weight is 478 g/mol. The molecule has 0 fully saturated rings. The van der Waals surface area contributed by atoms with Crippen molar-refractivity contribution in [2.24, 2.45) is 0 Å². The van der Waals surface area contributed by atoms with Gasteiger partial charge in [-0.25, -0.2) is 0 Å². The van der Waals surface area contributed by atoms with E-state index in [4.69, 9.17) is 0 Å².